The molecule has 3 rings (SSSR count). The number of nitrogens with one attached hydrogen (secondary N) is 2. The van der Waals surface area contributed by atoms with E-state index in [9.17, 15) is 18.4 Å². The highest BCUT2D eigenvalue weighted by Crippen LogP contribution is 2.18. The lowest BCUT2D eigenvalue weighted by Gasteiger charge is -2.10. The van der Waals surface area contributed by atoms with Crippen molar-refractivity contribution in [2.24, 2.45) is 0 Å². The second-order valence-electron chi connectivity index (χ2n) is 5.64. The molecule has 3 aromatic carbocycles. The van der Waals surface area contributed by atoms with Crippen LogP contribution in [0.25, 0.3) is 10.8 Å². The van der Waals surface area contributed by atoms with Gasteiger partial charge >= 0.3 is 0 Å². The maximum absolute atomic E-state index is 13.5. The molecule has 0 spiro atoms. The van der Waals surface area contributed by atoms with Crippen molar-refractivity contribution in [3.05, 3.63) is 83.4 Å². The number of hydrogen-bond acceptors (Lipinski definition) is 2. The van der Waals surface area contributed by atoms with E-state index in [1.54, 1.807) is 12.1 Å². The lowest BCUT2D eigenvalue weighted by atomic mass is 10.0. The van der Waals surface area contributed by atoms with Crippen LogP contribution in [0.15, 0.2) is 60.7 Å². The van der Waals surface area contributed by atoms with Crippen LogP contribution in [-0.2, 0) is 0 Å². The molecule has 0 aromatic heterocycles. The molecule has 26 heavy (non-hydrogen) atoms. The van der Waals surface area contributed by atoms with Crippen molar-refractivity contribution >= 4 is 22.6 Å². The molecule has 132 valence electrons. The van der Waals surface area contributed by atoms with Gasteiger partial charge in [0, 0.05) is 18.7 Å². The minimum absolute atomic E-state index is 0.0448. The van der Waals surface area contributed by atoms with Gasteiger partial charge in [-0.2, -0.15) is 0 Å². The van der Waals surface area contributed by atoms with Crippen LogP contribution in [0.2, 0.25) is 0 Å². The van der Waals surface area contributed by atoms with Crippen LogP contribution in [0, 0.1) is 11.6 Å². The van der Waals surface area contributed by atoms with Crippen LogP contribution in [0.4, 0.5) is 8.78 Å². The molecule has 0 saturated carbocycles. The summed E-state index contributed by atoms with van der Waals surface area (Å²) in [4.78, 5) is 24.2. The smallest absolute Gasteiger partial charge is 0.257 e. The van der Waals surface area contributed by atoms with Gasteiger partial charge in [0.25, 0.3) is 11.8 Å². The molecule has 0 radical (unpaired) electrons. The van der Waals surface area contributed by atoms with Gasteiger partial charge in [-0.15, -0.1) is 0 Å². The van der Waals surface area contributed by atoms with Crippen molar-refractivity contribution in [2.75, 3.05) is 13.1 Å². The molecule has 0 heterocycles. The molecule has 2 N–H and O–H groups in total. The standard InChI is InChI=1S/C20H16F2N2O2/c21-16-9-4-10-17(22)18(16)20(26)24-12-11-23-19(25)15-8-3-6-13-5-1-2-7-14(13)15/h1-10H,11-12H2,(H,23,25)(H,24,26). The second-order valence-corrected chi connectivity index (χ2v) is 5.64. The predicted octanol–water partition coefficient (Wildman–Crippen LogP) is 3.28. The number of fused-ring (bicyclic) bond motifs is 1. The lowest BCUT2D eigenvalue weighted by Crippen LogP contribution is -2.35. The quantitative estimate of drug-likeness (QED) is 0.691. The Morgan fingerprint density at radius 1 is 0.731 bits per heavy atom. The van der Waals surface area contributed by atoms with Crippen LogP contribution >= 0.6 is 0 Å². The van der Waals surface area contributed by atoms with Gasteiger partial charge in [-0.1, -0.05) is 42.5 Å². The molecule has 0 aliphatic heterocycles. The van der Waals surface area contributed by atoms with E-state index < -0.39 is 23.1 Å². The maximum Gasteiger partial charge on any atom is 0.257 e. The van der Waals surface area contributed by atoms with Crippen molar-refractivity contribution in [1.82, 2.24) is 10.6 Å². The van der Waals surface area contributed by atoms with Gasteiger partial charge in [0.1, 0.15) is 17.2 Å². The van der Waals surface area contributed by atoms with E-state index in [0.717, 1.165) is 22.9 Å². The number of halogens is 2. The van der Waals surface area contributed by atoms with Crippen LogP contribution in [0.3, 0.4) is 0 Å². The van der Waals surface area contributed by atoms with Gasteiger partial charge in [0.2, 0.25) is 0 Å². The third-order valence-corrected chi connectivity index (χ3v) is 3.92. The molecule has 0 fully saturated rings. The van der Waals surface area contributed by atoms with Crippen molar-refractivity contribution in [3.8, 4) is 0 Å². The van der Waals surface area contributed by atoms with Crippen LogP contribution in [0.1, 0.15) is 20.7 Å². The Labute approximate surface area is 148 Å². The van der Waals surface area contributed by atoms with Crippen molar-refractivity contribution in [3.63, 3.8) is 0 Å². The van der Waals surface area contributed by atoms with Gasteiger partial charge < -0.3 is 10.6 Å². The first-order valence-electron chi connectivity index (χ1n) is 8.06. The second kappa shape index (κ2) is 7.74. The maximum atomic E-state index is 13.5. The molecular formula is C20H16F2N2O2. The van der Waals surface area contributed by atoms with Crippen LogP contribution < -0.4 is 10.6 Å². The molecule has 0 aliphatic carbocycles. The van der Waals surface area contributed by atoms with Gasteiger partial charge in [-0.3, -0.25) is 9.59 Å². The SMILES string of the molecule is O=C(NCCNC(=O)c1cccc2ccccc12)c1c(F)cccc1F. The van der Waals surface area contributed by atoms with E-state index in [1.807, 2.05) is 30.3 Å². The Balaban J connectivity index is 1.58. The van der Waals surface area contributed by atoms with Gasteiger partial charge in [-0.25, -0.2) is 8.78 Å². The normalized spacial score (nSPS) is 10.5. The molecule has 6 heteroatoms. The van der Waals surface area contributed by atoms with Gasteiger partial charge in [0.05, 0.1) is 0 Å². The van der Waals surface area contributed by atoms with E-state index in [-0.39, 0.29) is 19.0 Å². The average Bonchev–Trinajstić information content (AvgIpc) is 2.64. The lowest BCUT2D eigenvalue weighted by molar-refractivity contribution is 0.0923. The summed E-state index contributed by atoms with van der Waals surface area (Å²) in [5, 5.41) is 6.85. The monoisotopic (exact) mass is 354 g/mol. The fraction of sp³-hybridized carbons (Fsp3) is 0.100. The summed E-state index contributed by atoms with van der Waals surface area (Å²) >= 11 is 0. The molecule has 4 nitrogen and oxygen atoms in total. The summed E-state index contributed by atoms with van der Waals surface area (Å²) in [6.45, 7) is 0.174. The third-order valence-electron chi connectivity index (χ3n) is 3.92. The van der Waals surface area contributed by atoms with Crippen molar-refractivity contribution in [1.29, 1.82) is 0 Å². The number of rotatable bonds is 5. The summed E-state index contributed by atoms with van der Waals surface area (Å²) in [7, 11) is 0. The van der Waals surface area contributed by atoms with E-state index in [0.29, 0.717) is 5.56 Å². The highest BCUT2D eigenvalue weighted by atomic mass is 19.1. The summed E-state index contributed by atoms with van der Waals surface area (Å²) in [6, 6.07) is 16.1. The Hall–Kier alpha value is -3.28. The molecular weight excluding hydrogens is 338 g/mol. The first-order valence-corrected chi connectivity index (χ1v) is 8.06. The fourth-order valence-electron chi connectivity index (χ4n) is 2.67. The highest BCUT2D eigenvalue weighted by molar-refractivity contribution is 6.07. The topological polar surface area (TPSA) is 58.2 Å². The number of hydrogen-bond donors (Lipinski definition) is 2. The first kappa shape index (κ1) is 17.5. The molecule has 0 aliphatic rings. The van der Waals surface area contributed by atoms with Crippen molar-refractivity contribution in [2.45, 2.75) is 0 Å². The number of carbonyl (C=O) groups excluding carboxylic acids is 2. The first-order chi connectivity index (χ1) is 12.6. The van der Waals surface area contributed by atoms with Gasteiger partial charge in [0.15, 0.2) is 0 Å². The number of benzene rings is 3. The van der Waals surface area contributed by atoms with E-state index >= 15 is 0 Å². The Kier molecular flexibility index (Phi) is 5.22. The predicted molar refractivity (Wildman–Crippen MR) is 95.0 cm³/mol. The highest BCUT2D eigenvalue weighted by Gasteiger charge is 2.16. The largest absolute Gasteiger partial charge is 0.350 e. The summed E-state index contributed by atoms with van der Waals surface area (Å²) in [5.41, 5.74) is -0.109. The molecule has 2 amide bonds. The molecule has 0 atom stereocenters. The van der Waals surface area contributed by atoms with Crippen LogP contribution in [0.5, 0.6) is 0 Å². The van der Waals surface area contributed by atoms with E-state index in [4.69, 9.17) is 0 Å². The van der Waals surface area contributed by atoms with Crippen molar-refractivity contribution < 1.29 is 18.4 Å². The van der Waals surface area contributed by atoms with Gasteiger partial charge in [-0.05, 0) is 29.0 Å². The summed E-state index contributed by atoms with van der Waals surface area (Å²) < 4.78 is 27.1. The third kappa shape index (κ3) is 3.69. The number of carbonyl (C=O) groups is 2. The summed E-state index contributed by atoms with van der Waals surface area (Å²) in [6.07, 6.45) is 0. The zero-order valence-corrected chi connectivity index (χ0v) is 13.8. The van der Waals surface area contributed by atoms with Crippen LogP contribution in [-0.4, -0.2) is 24.9 Å². The molecule has 0 unspecified atom stereocenters. The zero-order chi connectivity index (χ0) is 18.5. The minimum Gasteiger partial charge on any atom is -0.350 e. The molecule has 3 aromatic rings. The van der Waals surface area contributed by atoms with E-state index in [2.05, 4.69) is 10.6 Å². The van der Waals surface area contributed by atoms with E-state index in [1.165, 1.54) is 6.07 Å². The zero-order valence-electron chi connectivity index (χ0n) is 13.8. The number of amides is 2. The average molecular weight is 354 g/mol. The Morgan fingerprint density at radius 2 is 1.31 bits per heavy atom. The minimum atomic E-state index is -0.928. The fourth-order valence-corrected chi connectivity index (χ4v) is 2.67. The molecule has 0 bridgehead atoms. The summed E-state index contributed by atoms with van der Waals surface area (Å²) in [5.74, 6) is -3.00. The molecule has 0 saturated heterocycles. The Bertz CT molecular complexity index is 947. The Morgan fingerprint density at radius 3 is 2.04 bits per heavy atom.